The van der Waals surface area contributed by atoms with Crippen molar-refractivity contribution in [2.45, 2.75) is 19.9 Å². The maximum atomic E-state index is 11.5. The van der Waals surface area contributed by atoms with E-state index in [1.54, 1.807) is 11.8 Å². The number of nitrogens with zero attached hydrogens (tertiary/aromatic N) is 2. The average Bonchev–Trinajstić information content (AvgIpc) is 2.71. The minimum Gasteiger partial charge on any atom is -0.479 e. The van der Waals surface area contributed by atoms with Crippen LogP contribution < -0.4 is 4.74 Å². The minimum atomic E-state index is -0.309. The fourth-order valence-electron chi connectivity index (χ4n) is 1.72. The smallest absolute Gasteiger partial charge is 0.410 e. The van der Waals surface area contributed by atoms with Crippen LogP contribution in [-0.4, -0.2) is 36.4 Å². The van der Waals surface area contributed by atoms with Gasteiger partial charge in [0.25, 0.3) is 5.88 Å². The normalized spacial score (nSPS) is 14.5. The Morgan fingerprint density at radius 3 is 3.12 bits per heavy atom. The lowest BCUT2D eigenvalue weighted by molar-refractivity contribution is 0.101. The summed E-state index contributed by atoms with van der Waals surface area (Å²) in [7, 11) is 1.53. The third-order valence-corrected chi connectivity index (χ3v) is 2.51. The molecule has 0 N–H and O–H groups in total. The third-order valence-electron chi connectivity index (χ3n) is 2.51. The first-order valence-electron chi connectivity index (χ1n) is 5.19. The highest BCUT2D eigenvalue weighted by atomic mass is 16.6. The first-order chi connectivity index (χ1) is 7.76. The van der Waals surface area contributed by atoms with Crippen LogP contribution in [0.4, 0.5) is 4.79 Å². The quantitative estimate of drug-likeness (QED) is 0.758. The molecule has 0 spiro atoms. The van der Waals surface area contributed by atoms with E-state index in [9.17, 15) is 4.79 Å². The average molecular weight is 226 g/mol. The molecule has 0 atom stereocenters. The van der Waals surface area contributed by atoms with Crippen molar-refractivity contribution in [2.75, 3.05) is 20.3 Å². The molecule has 0 aromatic carbocycles. The molecule has 1 amide bonds. The molecule has 0 unspecified atom stereocenters. The van der Waals surface area contributed by atoms with Gasteiger partial charge in [0.15, 0.2) is 0 Å². The molecule has 1 aliphatic rings. The van der Waals surface area contributed by atoms with Crippen LogP contribution in [-0.2, 0) is 17.7 Å². The van der Waals surface area contributed by atoms with Crippen LogP contribution in [0.3, 0.4) is 0 Å². The van der Waals surface area contributed by atoms with Crippen LogP contribution in [0.2, 0.25) is 0 Å². The Morgan fingerprint density at radius 1 is 1.62 bits per heavy atom. The molecule has 2 heterocycles. The lowest BCUT2D eigenvalue weighted by Crippen LogP contribution is -2.36. The molecule has 0 bridgehead atoms. The first kappa shape index (κ1) is 10.8. The number of rotatable bonds is 2. The minimum absolute atomic E-state index is 0.309. The Bertz CT molecular complexity index is 375. The van der Waals surface area contributed by atoms with E-state index in [2.05, 4.69) is 5.16 Å². The van der Waals surface area contributed by atoms with Crippen molar-refractivity contribution < 1.29 is 18.8 Å². The van der Waals surface area contributed by atoms with E-state index >= 15 is 0 Å². The molecule has 0 saturated heterocycles. The van der Waals surface area contributed by atoms with Gasteiger partial charge in [-0.25, -0.2) is 4.79 Å². The predicted molar refractivity (Wildman–Crippen MR) is 54.2 cm³/mol. The van der Waals surface area contributed by atoms with Crippen molar-refractivity contribution in [1.29, 1.82) is 0 Å². The molecule has 0 saturated carbocycles. The fourth-order valence-corrected chi connectivity index (χ4v) is 1.72. The predicted octanol–water partition coefficient (Wildman–Crippen LogP) is 1.20. The molecule has 88 valence electrons. The zero-order valence-electron chi connectivity index (χ0n) is 9.36. The molecular weight excluding hydrogens is 212 g/mol. The lowest BCUT2D eigenvalue weighted by Gasteiger charge is -2.24. The number of hydrogen-bond acceptors (Lipinski definition) is 5. The van der Waals surface area contributed by atoms with Gasteiger partial charge in [-0.2, -0.15) is 0 Å². The summed E-state index contributed by atoms with van der Waals surface area (Å²) in [5, 5.41) is 3.78. The van der Waals surface area contributed by atoms with Crippen LogP contribution in [0.5, 0.6) is 5.88 Å². The summed E-state index contributed by atoms with van der Waals surface area (Å²) < 4.78 is 15.1. The fraction of sp³-hybridized carbons (Fsp3) is 0.600. The van der Waals surface area contributed by atoms with Crippen LogP contribution in [0.1, 0.15) is 18.2 Å². The van der Waals surface area contributed by atoms with E-state index in [1.807, 2.05) is 0 Å². The van der Waals surface area contributed by atoms with Gasteiger partial charge in [-0.1, -0.05) is 0 Å². The van der Waals surface area contributed by atoms with Gasteiger partial charge in [-0.15, -0.1) is 0 Å². The summed E-state index contributed by atoms with van der Waals surface area (Å²) in [5.41, 5.74) is 0.835. The van der Waals surface area contributed by atoms with Crippen molar-refractivity contribution in [1.82, 2.24) is 10.1 Å². The molecule has 0 aliphatic carbocycles. The Labute approximate surface area is 93.1 Å². The van der Waals surface area contributed by atoms with Gasteiger partial charge in [-0.3, -0.25) is 0 Å². The molecule has 6 heteroatoms. The third kappa shape index (κ3) is 1.82. The van der Waals surface area contributed by atoms with Gasteiger partial charge in [0.05, 0.1) is 25.8 Å². The molecule has 1 aromatic heterocycles. The molecule has 0 radical (unpaired) electrons. The van der Waals surface area contributed by atoms with Crippen molar-refractivity contribution in [2.24, 2.45) is 0 Å². The van der Waals surface area contributed by atoms with Crippen LogP contribution in [0.25, 0.3) is 0 Å². The summed E-state index contributed by atoms with van der Waals surface area (Å²) in [6.07, 6.45) is 0.334. The second kappa shape index (κ2) is 4.42. The summed E-state index contributed by atoms with van der Waals surface area (Å²) in [5.74, 6) is 1.24. The summed E-state index contributed by atoms with van der Waals surface area (Å²) in [6.45, 7) is 3.18. The molecule has 2 rings (SSSR count). The van der Waals surface area contributed by atoms with Crippen molar-refractivity contribution in [3.8, 4) is 5.88 Å². The molecular formula is C10H14N2O4. The van der Waals surface area contributed by atoms with E-state index in [-0.39, 0.29) is 6.09 Å². The van der Waals surface area contributed by atoms with Gasteiger partial charge in [-0.05, 0) is 12.1 Å². The van der Waals surface area contributed by atoms with E-state index < -0.39 is 0 Å². The van der Waals surface area contributed by atoms with E-state index in [0.717, 1.165) is 11.3 Å². The molecule has 16 heavy (non-hydrogen) atoms. The second-order valence-electron chi connectivity index (χ2n) is 3.46. The highest BCUT2D eigenvalue weighted by molar-refractivity contribution is 5.68. The SMILES string of the molecule is CCOC(=O)N1CCc2onc(OC)c2C1. The van der Waals surface area contributed by atoms with Crippen LogP contribution in [0, 0.1) is 0 Å². The molecule has 1 aliphatic heterocycles. The van der Waals surface area contributed by atoms with E-state index in [4.69, 9.17) is 14.0 Å². The monoisotopic (exact) mass is 226 g/mol. The number of carbonyl (C=O) groups excluding carboxylic acids is 1. The second-order valence-corrected chi connectivity index (χ2v) is 3.46. The zero-order chi connectivity index (χ0) is 11.5. The topological polar surface area (TPSA) is 64.8 Å². The Morgan fingerprint density at radius 2 is 2.44 bits per heavy atom. The van der Waals surface area contributed by atoms with Crippen molar-refractivity contribution in [3.63, 3.8) is 0 Å². The number of hydrogen-bond donors (Lipinski definition) is 0. The summed E-state index contributed by atoms with van der Waals surface area (Å²) in [4.78, 5) is 13.2. The van der Waals surface area contributed by atoms with Crippen LogP contribution >= 0.6 is 0 Å². The van der Waals surface area contributed by atoms with Gasteiger partial charge in [0.1, 0.15) is 5.76 Å². The number of methoxy groups -OCH3 is 1. The van der Waals surface area contributed by atoms with Gasteiger partial charge < -0.3 is 18.9 Å². The molecule has 6 nitrogen and oxygen atoms in total. The Hall–Kier alpha value is -1.72. The first-order valence-corrected chi connectivity index (χ1v) is 5.19. The number of fused-ring (bicyclic) bond motifs is 1. The largest absolute Gasteiger partial charge is 0.479 e. The zero-order valence-corrected chi connectivity index (χ0v) is 9.36. The van der Waals surface area contributed by atoms with Crippen molar-refractivity contribution >= 4 is 6.09 Å². The number of ether oxygens (including phenoxy) is 2. The van der Waals surface area contributed by atoms with Gasteiger partial charge >= 0.3 is 6.09 Å². The summed E-state index contributed by atoms with van der Waals surface area (Å²) >= 11 is 0. The summed E-state index contributed by atoms with van der Waals surface area (Å²) in [6, 6.07) is 0. The maximum Gasteiger partial charge on any atom is 0.410 e. The van der Waals surface area contributed by atoms with E-state index in [0.29, 0.717) is 32.0 Å². The maximum absolute atomic E-state index is 11.5. The molecule has 0 fully saturated rings. The standard InChI is InChI=1S/C10H14N2O4/c1-3-15-10(13)12-5-4-8-7(6-12)9(14-2)11-16-8/h3-6H2,1-2H3. The number of carbonyl (C=O) groups is 1. The van der Waals surface area contributed by atoms with E-state index in [1.165, 1.54) is 7.11 Å². The van der Waals surface area contributed by atoms with Crippen molar-refractivity contribution in [3.05, 3.63) is 11.3 Å². The Balaban J connectivity index is 2.12. The number of amides is 1. The Kier molecular flexibility index (Phi) is 2.98. The lowest BCUT2D eigenvalue weighted by atomic mass is 10.1. The molecule has 1 aromatic rings. The highest BCUT2D eigenvalue weighted by Crippen LogP contribution is 2.27. The van der Waals surface area contributed by atoms with Gasteiger partial charge in [0.2, 0.25) is 0 Å². The van der Waals surface area contributed by atoms with Crippen LogP contribution in [0.15, 0.2) is 4.52 Å². The van der Waals surface area contributed by atoms with Gasteiger partial charge in [0, 0.05) is 13.0 Å². The highest BCUT2D eigenvalue weighted by Gasteiger charge is 2.28. The number of aromatic nitrogens is 1.